The van der Waals surface area contributed by atoms with Crippen LogP contribution in [-0.2, 0) is 28.5 Å². The van der Waals surface area contributed by atoms with Crippen molar-refractivity contribution in [1.29, 1.82) is 0 Å². The molecular formula is C13H18O6. The zero-order chi connectivity index (χ0) is 14.3. The molecule has 3 atom stereocenters. The van der Waals surface area contributed by atoms with Gasteiger partial charge < -0.3 is 18.9 Å². The maximum Gasteiger partial charge on any atom is 0.303 e. The summed E-state index contributed by atoms with van der Waals surface area (Å²) in [6.45, 7) is 6.45. The molecule has 1 aliphatic heterocycles. The monoisotopic (exact) mass is 270 g/mol. The number of esters is 2. The first-order valence-electron chi connectivity index (χ1n) is 5.89. The van der Waals surface area contributed by atoms with Gasteiger partial charge in [-0.3, -0.25) is 9.59 Å². The summed E-state index contributed by atoms with van der Waals surface area (Å²) < 4.78 is 20.8. The Labute approximate surface area is 112 Å². The van der Waals surface area contributed by atoms with Gasteiger partial charge in [-0.05, 0) is 12.2 Å². The summed E-state index contributed by atoms with van der Waals surface area (Å²) in [6.07, 6.45) is 3.13. The molecule has 6 heteroatoms. The van der Waals surface area contributed by atoms with E-state index in [-0.39, 0.29) is 6.61 Å². The minimum Gasteiger partial charge on any atom is -0.463 e. The van der Waals surface area contributed by atoms with Crippen molar-refractivity contribution in [2.75, 3.05) is 13.2 Å². The van der Waals surface area contributed by atoms with Crippen LogP contribution in [0, 0.1) is 0 Å². The minimum atomic E-state index is -0.597. The third-order valence-corrected chi connectivity index (χ3v) is 2.26. The number of hydrogen-bond acceptors (Lipinski definition) is 6. The molecule has 0 aromatic carbocycles. The smallest absolute Gasteiger partial charge is 0.303 e. The maximum absolute atomic E-state index is 11.0. The molecule has 0 radical (unpaired) electrons. The van der Waals surface area contributed by atoms with E-state index in [1.165, 1.54) is 13.8 Å². The molecule has 0 bridgehead atoms. The molecule has 0 amide bonds. The van der Waals surface area contributed by atoms with Crippen LogP contribution in [-0.4, -0.2) is 43.7 Å². The van der Waals surface area contributed by atoms with Crippen molar-refractivity contribution in [3.8, 4) is 0 Å². The van der Waals surface area contributed by atoms with Crippen LogP contribution in [0.4, 0.5) is 0 Å². The van der Waals surface area contributed by atoms with Crippen molar-refractivity contribution >= 4 is 11.9 Å². The second-order valence-corrected chi connectivity index (χ2v) is 3.93. The summed E-state index contributed by atoms with van der Waals surface area (Å²) in [5, 5.41) is 0. The molecule has 1 unspecified atom stereocenters. The third-order valence-electron chi connectivity index (χ3n) is 2.26. The second kappa shape index (κ2) is 7.70. The first-order chi connectivity index (χ1) is 9.02. The predicted molar refractivity (Wildman–Crippen MR) is 66.1 cm³/mol. The highest BCUT2D eigenvalue weighted by atomic mass is 16.7. The molecule has 1 rings (SSSR count). The molecule has 0 aromatic heterocycles. The largest absolute Gasteiger partial charge is 0.463 e. The fourth-order valence-corrected chi connectivity index (χ4v) is 1.52. The van der Waals surface area contributed by atoms with Gasteiger partial charge in [0, 0.05) is 13.8 Å². The maximum atomic E-state index is 11.0. The van der Waals surface area contributed by atoms with Gasteiger partial charge in [0.2, 0.25) is 0 Å². The fourth-order valence-electron chi connectivity index (χ4n) is 1.52. The number of ether oxygens (including phenoxy) is 4. The van der Waals surface area contributed by atoms with Crippen molar-refractivity contribution in [3.05, 3.63) is 24.8 Å². The van der Waals surface area contributed by atoms with Gasteiger partial charge in [-0.2, -0.15) is 0 Å². The summed E-state index contributed by atoms with van der Waals surface area (Å²) in [5.41, 5.74) is 0. The van der Waals surface area contributed by atoms with Gasteiger partial charge in [0.05, 0.1) is 6.61 Å². The molecule has 0 saturated carbocycles. The summed E-state index contributed by atoms with van der Waals surface area (Å²) in [6, 6.07) is 0. The van der Waals surface area contributed by atoms with Crippen LogP contribution in [0.5, 0.6) is 0 Å². The molecule has 19 heavy (non-hydrogen) atoms. The number of carbonyl (C=O) groups excluding carboxylic acids is 2. The van der Waals surface area contributed by atoms with Gasteiger partial charge in [0.25, 0.3) is 0 Å². The van der Waals surface area contributed by atoms with E-state index in [0.29, 0.717) is 6.61 Å². The lowest BCUT2D eigenvalue weighted by Gasteiger charge is -2.31. The van der Waals surface area contributed by atoms with E-state index in [9.17, 15) is 9.59 Å². The molecule has 1 aliphatic rings. The normalized spacial score (nSPS) is 25.7. The molecule has 0 N–H and O–H groups in total. The quantitative estimate of drug-likeness (QED) is 0.529. The Morgan fingerprint density at radius 3 is 2.63 bits per heavy atom. The molecule has 106 valence electrons. The molecule has 1 heterocycles. The van der Waals surface area contributed by atoms with E-state index >= 15 is 0 Å². The summed E-state index contributed by atoms with van der Waals surface area (Å²) in [5.74, 6) is -0.861. The van der Waals surface area contributed by atoms with Crippen LogP contribution in [0.15, 0.2) is 24.8 Å². The van der Waals surface area contributed by atoms with E-state index in [0.717, 1.165) is 0 Å². The van der Waals surface area contributed by atoms with Crippen LogP contribution >= 0.6 is 0 Å². The SMILES string of the molecule is C=CCOC1C=C[C@H](OC(C)=O)[C@@H](COC(C)=O)O1. The molecular weight excluding hydrogens is 252 g/mol. The van der Waals surface area contributed by atoms with Crippen LogP contribution in [0.25, 0.3) is 0 Å². The number of carbonyl (C=O) groups is 2. The van der Waals surface area contributed by atoms with Crippen LogP contribution in [0.2, 0.25) is 0 Å². The first-order valence-corrected chi connectivity index (χ1v) is 5.89. The van der Waals surface area contributed by atoms with Crippen molar-refractivity contribution in [1.82, 2.24) is 0 Å². The molecule has 0 aromatic rings. The van der Waals surface area contributed by atoms with Crippen LogP contribution in [0.1, 0.15) is 13.8 Å². The van der Waals surface area contributed by atoms with E-state index in [4.69, 9.17) is 18.9 Å². The number of rotatable bonds is 6. The average Bonchev–Trinajstić information content (AvgIpc) is 2.35. The van der Waals surface area contributed by atoms with E-state index < -0.39 is 30.4 Å². The number of hydrogen-bond donors (Lipinski definition) is 0. The standard InChI is InChI=1S/C13H18O6/c1-4-7-16-13-6-5-11(18-10(3)15)12(19-13)8-17-9(2)14/h4-6,11-13H,1,7-8H2,2-3H3/t11-,12+,13?/m0/s1. The molecule has 6 nitrogen and oxygen atoms in total. The highest BCUT2D eigenvalue weighted by molar-refractivity contribution is 5.66. The van der Waals surface area contributed by atoms with Gasteiger partial charge in [-0.1, -0.05) is 6.08 Å². The van der Waals surface area contributed by atoms with Crippen LogP contribution in [0.3, 0.4) is 0 Å². The average molecular weight is 270 g/mol. The third kappa shape index (κ3) is 5.67. The highest BCUT2D eigenvalue weighted by Crippen LogP contribution is 2.17. The lowest BCUT2D eigenvalue weighted by Crippen LogP contribution is -2.42. The fraction of sp³-hybridized carbons (Fsp3) is 0.538. The van der Waals surface area contributed by atoms with Gasteiger partial charge in [0.1, 0.15) is 18.8 Å². The molecule has 0 saturated heterocycles. The molecule has 0 aliphatic carbocycles. The van der Waals surface area contributed by atoms with Crippen LogP contribution < -0.4 is 0 Å². The van der Waals surface area contributed by atoms with Gasteiger partial charge in [-0.25, -0.2) is 0 Å². The van der Waals surface area contributed by atoms with Crippen molar-refractivity contribution in [2.45, 2.75) is 32.3 Å². The Kier molecular flexibility index (Phi) is 6.24. The topological polar surface area (TPSA) is 71.1 Å². The van der Waals surface area contributed by atoms with Gasteiger partial charge in [0.15, 0.2) is 6.29 Å². The lowest BCUT2D eigenvalue weighted by atomic mass is 10.1. The molecule has 0 spiro atoms. The Morgan fingerprint density at radius 1 is 1.32 bits per heavy atom. The van der Waals surface area contributed by atoms with E-state index in [2.05, 4.69) is 6.58 Å². The van der Waals surface area contributed by atoms with Crippen molar-refractivity contribution < 1.29 is 28.5 Å². The van der Waals surface area contributed by atoms with Crippen molar-refractivity contribution in [3.63, 3.8) is 0 Å². The summed E-state index contributed by atoms with van der Waals surface area (Å²) in [4.78, 5) is 21.8. The Balaban J connectivity index is 2.62. The zero-order valence-corrected chi connectivity index (χ0v) is 11.0. The van der Waals surface area contributed by atoms with Gasteiger partial charge in [-0.15, -0.1) is 6.58 Å². The zero-order valence-electron chi connectivity index (χ0n) is 11.0. The Bertz CT molecular complexity index is 362. The van der Waals surface area contributed by atoms with Crippen molar-refractivity contribution in [2.24, 2.45) is 0 Å². The summed E-state index contributed by atoms with van der Waals surface area (Å²) >= 11 is 0. The molecule has 0 fully saturated rings. The van der Waals surface area contributed by atoms with E-state index in [1.807, 2.05) is 0 Å². The first kappa shape index (κ1) is 15.4. The Morgan fingerprint density at radius 2 is 2.05 bits per heavy atom. The lowest BCUT2D eigenvalue weighted by molar-refractivity contribution is -0.194. The Hall–Kier alpha value is -1.66. The van der Waals surface area contributed by atoms with Gasteiger partial charge >= 0.3 is 11.9 Å². The predicted octanol–water partition coefficient (Wildman–Crippen LogP) is 0.965. The summed E-state index contributed by atoms with van der Waals surface area (Å²) in [7, 11) is 0. The van der Waals surface area contributed by atoms with E-state index in [1.54, 1.807) is 18.2 Å². The highest BCUT2D eigenvalue weighted by Gasteiger charge is 2.30. The minimum absolute atomic E-state index is 0.00836. The second-order valence-electron chi connectivity index (χ2n) is 3.93.